The van der Waals surface area contributed by atoms with Gasteiger partial charge >= 0.3 is 0 Å². The molecule has 3 rings (SSSR count). The number of rotatable bonds is 6. The number of nitrogens with zero attached hydrogens (tertiary/aromatic N) is 3. The number of amides is 1. The summed E-state index contributed by atoms with van der Waals surface area (Å²) in [6.07, 6.45) is 1.68. The van der Waals surface area contributed by atoms with E-state index in [1.165, 1.54) is 22.9 Å². The molecule has 1 heterocycles. The van der Waals surface area contributed by atoms with Gasteiger partial charge in [0.1, 0.15) is 18.0 Å². The van der Waals surface area contributed by atoms with Gasteiger partial charge in [-0.3, -0.25) is 19.6 Å². The van der Waals surface area contributed by atoms with E-state index in [9.17, 15) is 14.9 Å². The molecular formula is C19H17ClN4O4. The summed E-state index contributed by atoms with van der Waals surface area (Å²) in [5.41, 5.74) is 1.65. The molecule has 1 amide bonds. The summed E-state index contributed by atoms with van der Waals surface area (Å²) in [5.74, 6) is 0.338. The van der Waals surface area contributed by atoms with Gasteiger partial charge in [0.15, 0.2) is 0 Å². The average molecular weight is 401 g/mol. The molecule has 0 aliphatic rings. The lowest BCUT2D eigenvalue weighted by Crippen LogP contribution is -2.19. The highest BCUT2D eigenvalue weighted by Crippen LogP contribution is 2.31. The lowest BCUT2D eigenvalue weighted by atomic mass is 10.2. The largest absolute Gasteiger partial charge is 0.457 e. The number of non-ortho nitro benzene ring substituents is 1. The molecule has 0 unspecified atom stereocenters. The van der Waals surface area contributed by atoms with Crippen molar-refractivity contribution in [3.8, 4) is 11.5 Å². The summed E-state index contributed by atoms with van der Waals surface area (Å²) in [6, 6.07) is 10.9. The van der Waals surface area contributed by atoms with E-state index >= 15 is 0 Å². The quantitative estimate of drug-likeness (QED) is 0.485. The minimum absolute atomic E-state index is 0.0108. The summed E-state index contributed by atoms with van der Waals surface area (Å²) >= 11 is 6.00. The molecule has 0 saturated heterocycles. The van der Waals surface area contributed by atoms with Crippen LogP contribution in [0.1, 0.15) is 11.3 Å². The SMILES string of the molecule is Cc1ccn(CC(=O)Nc2cc(Oc3ccc(Cl)c(C)c3)cc([N+](=O)[O-])c2)n1. The lowest BCUT2D eigenvalue weighted by Gasteiger charge is -2.10. The van der Waals surface area contributed by atoms with Crippen LogP contribution in [0.4, 0.5) is 11.4 Å². The highest BCUT2D eigenvalue weighted by Gasteiger charge is 2.14. The topological polar surface area (TPSA) is 99.3 Å². The molecule has 0 saturated carbocycles. The monoisotopic (exact) mass is 400 g/mol. The minimum atomic E-state index is -0.549. The van der Waals surface area contributed by atoms with Gasteiger partial charge in [0.2, 0.25) is 5.91 Å². The standard InChI is InChI=1S/C19H17ClN4O4/c1-12-7-16(3-4-18(12)20)28-17-9-14(8-15(10-17)24(26)27)21-19(25)11-23-6-5-13(2)22-23/h3-10H,11H2,1-2H3,(H,21,25). The Labute approximate surface area is 165 Å². The summed E-state index contributed by atoms with van der Waals surface area (Å²) in [6.45, 7) is 3.63. The zero-order valence-corrected chi connectivity index (χ0v) is 15.9. The van der Waals surface area contributed by atoms with Crippen LogP contribution in [0.5, 0.6) is 11.5 Å². The molecule has 0 radical (unpaired) electrons. The van der Waals surface area contributed by atoms with E-state index in [2.05, 4.69) is 10.4 Å². The van der Waals surface area contributed by atoms with Crippen molar-refractivity contribution in [2.24, 2.45) is 0 Å². The molecule has 1 N–H and O–H groups in total. The van der Waals surface area contributed by atoms with Crippen molar-refractivity contribution >= 4 is 28.9 Å². The fourth-order valence-corrected chi connectivity index (χ4v) is 2.65. The van der Waals surface area contributed by atoms with Crippen LogP contribution in [0, 0.1) is 24.0 Å². The number of halogens is 1. The van der Waals surface area contributed by atoms with Gasteiger partial charge in [-0.25, -0.2) is 0 Å². The van der Waals surface area contributed by atoms with Crippen molar-refractivity contribution in [2.45, 2.75) is 20.4 Å². The number of anilines is 1. The Morgan fingerprint density at radius 1 is 1.21 bits per heavy atom. The Balaban J connectivity index is 1.81. The number of carbonyl (C=O) groups is 1. The number of aromatic nitrogens is 2. The van der Waals surface area contributed by atoms with Crippen LogP contribution in [-0.4, -0.2) is 20.6 Å². The van der Waals surface area contributed by atoms with E-state index in [1.54, 1.807) is 30.5 Å². The average Bonchev–Trinajstić information content (AvgIpc) is 3.02. The first-order valence-corrected chi connectivity index (χ1v) is 8.71. The Morgan fingerprint density at radius 3 is 2.64 bits per heavy atom. The second-order valence-corrected chi connectivity index (χ2v) is 6.60. The molecule has 144 valence electrons. The number of nitro benzene ring substituents is 1. The van der Waals surface area contributed by atoms with Gasteiger partial charge in [0.25, 0.3) is 5.69 Å². The predicted octanol–water partition coefficient (Wildman–Crippen LogP) is 4.49. The van der Waals surface area contributed by atoms with Crippen LogP contribution in [0.25, 0.3) is 0 Å². The zero-order chi connectivity index (χ0) is 20.3. The van der Waals surface area contributed by atoms with Crippen molar-refractivity contribution in [3.63, 3.8) is 0 Å². The summed E-state index contributed by atoms with van der Waals surface area (Å²) in [5, 5.41) is 18.6. The first-order chi connectivity index (χ1) is 13.3. The Hall–Kier alpha value is -3.39. The Kier molecular flexibility index (Phi) is 5.60. The highest BCUT2D eigenvalue weighted by atomic mass is 35.5. The molecule has 2 aromatic carbocycles. The summed E-state index contributed by atoms with van der Waals surface area (Å²) in [7, 11) is 0. The number of nitrogens with one attached hydrogen (secondary N) is 1. The smallest absolute Gasteiger partial charge is 0.275 e. The normalized spacial score (nSPS) is 10.5. The highest BCUT2D eigenvalue weighted by molar-refractivity contribution is 6.31. The minimum Gasteiger partial charge on any atom is -0.457 e. The van der Waals surface area contributed by atoms with Crippen LogP contribution in [0.15, 0.2) is 48.7 Å². The van der Waals surface area contributed by atoms with Crippen LogP contribution >= 0.6 is 11.6 Å². The third kappa shape index (κ3) is 4.86. The van der Waals surface area contributed by atoms with Crippen molar-refractivity contribution in [1.82, 2.24) is 9.78 Å². The molecule has 0 spiro atoms. The van der Waals surface area contributed by atoms with Crippen LogP contribution in [0.3, 0.4) is 0 Å². The molecule has 0 aliphatic heterocycles. The second-order valence-electron chi connectivity index (χ2n) is 6.19. The van der Waals surface area contributed by atoms with Gasteiger partial charge in [0.05, 0.1) is 22.4 Å². The van der Waals surface area contributed by atoms with Gasteiger partial charge in [-0.2, -0.15) is 5.10 Å². The second kappa shape index (κ2) is 8.10. The molecule has 1 aromatic heterocycles. The first-order valence-electron chi connectivity index (χ1n) is 8.33. The Morgan fingerprint density at radius 2 is 2.00 bits per heavy atom. The zero-order valence-electron chi connectivity index (χ0n) is 15.2. The number of hydrogen-bond acceptors (Lipinski definition) is 5. The van der Waals surface area contributed by atoms with E-state index in [0.717, 1.165) is 11.3 Å². The first kappa shape index (κ1) is 19.4. The van der Waals surface area contributed by atoms with Gasteiger partial charge in [0, 0.05) is 23.4 Å². The molecule has 28 heavy (non-hydrogen) atoms. The maximum atomic E-state index is 12.2. The number of benzene rings is 2. The van der Waals surface area contributed by atoms with E-state index in [-0.39, 0.29) is 29.6 Å². The lowest BCUT2D eigenvalue weighted by molar-refractivity contribution is -0.384. The number of carbonyl (C=O) groups excluding carboxylic acids is 1. The summed E-state index contributed by atoms with van der Waals surface area (Å²) < 4.78 is 7.20. The molecule has 8 nitrogen and oxygen atoms in total. The van der Waals surface area contributed by atoms with E-state index in [4.69, 9.17) is 16.3 Å². The number of hydrogen-bond donors (Lipinski definition) is 1. The van der Waals surface area contributed by atoms with Crippen molar-refractivity contribution < 1.29 is 14.5 Å². The Bertz CT molecular complexity index is 1050. The molecule has 3 aromatic rings. The molecule has 0 bridgehead atoms. The number of aryl methyl sites for hydroxylation is 2. The maximum absolute atomic E-state index is 12.2. The van der Waals surface area contributed by atoms with E-state index in [1.807, 2.05) is 13.8 Å². The van der Waals surface area contributed by atoms with Crippen LogP contribution < -0.4 is 10.1 Å². The fourth-order valence-electron chi connectivity index (χ4n) is 2.54. The van der Waals surface area contributed by atoms with Crippen molar-refractivity contribution in [1.29, 1.82) is 0 Å². The van der Waals surface area contributed by atoms with Crippen molar-refractivity contribution in [3.05, 3.63) is 75.1 Å². The third-order valence-corrected chi connectivity index (χ3v) is 4.25. The molecule has 9 heteroatoms. The maximum Gasteiger partial charge on any atom is 0.275 e. The molecule has 0 aliphatic carbocycles. The molecule has 0 atom stereocenters. The van der Waals surface area contributed by atoms with Crippen molar-refractivity contribution in [2.75, 3.05) is 5.32 Å². The van der Waals surface area contributed by atoms with E-state index < -0.39 is 4.92 Å². The summed E-state index contributed by atoms with van der Waals surface area (Å²) in [4.78, 5) is 22.9. The third-order valence-electron chi connectivity index (χ3n) is 3.83. The fraction of sp³-hybridized carbons (Fsp3) is 0.158. The van der Waals surface area contributed by atoms with Crippen LogP contribution in [-0.2, 0) is 11.3 Å². The predicted molar refractivity (Wildman–Crippen MR) is 105 cm³/mol. The van der Waals surface area contributed by atoms with Gasteiger partial charge in [-0.1, -0.05) is 11.6 Å². The molecule has 0 fully saturated rings. The van der Waals surface area contributed by atoms with Gasteiger partial charge in [-0.15, -0.1) is 0 Å². The van der Waals surface area contributed by atoms with Gasteiger partial charge < -0.3 is 10.1 Å². The molecular weight excluding hydrogens is 384 g/mol. The van der Waals surface area contributed by atoms with Crippen LogP contribution in [0.2, 0.25) is 5.02 Å². The van der Waals surface area contributed by atoms with Gasteiger partial charge in [-0.05, 0) is 43.7 Å². The van der Waals surface area contributed by atoms with E-state index in [0.29, 0.717) is 10.8 Å². The number of ether oxygens (including phenoxy) is 1. The number of nitro groups is 1.